The lowest BCUT2D eigenvalue weighted by atomic mass is 9.95. The van der Waals surface area contributed by atoms with Gasteiger partial charge in [-0.2, -0.15) is 11.8 Å². The van der Waals surface area contributed by atoms with Crippen LogP contribution in [0, 0.1) is 5.92 Å². The second-order valence-electron chi connectivity index (χ2n) is 5.90. The molecule has 0 radical (unpaired) electrons. The molecule has 1 N–H and O–H groups in total. The molecule has 0 aromatic heterocycles. The molecule has 1 saturated carbocycles. The van der Waals surface area contributed by atoms with Crippen LogP contribution in [-0.2, 0) is 0 Å². The van der Waals surface area contributed by atoms with E-state index >= 15 is 0 Å². The van der Waals surface area contributed by atoms with Gasteiger partial charge in [-0.3, -0.25) is 0 Å². The predicted molar refractivity (Wildman–Crippen MR) is 78.8 cm³/mol. The Bertz CT molecular complexity index is 201. The Morgan fingerprint density at radius 1 is 1.06 bits per heavy atom. The van der Waals surface area contributed by atoms with Gasteiger partial charge in [-0.1, -0.05) is 32.6 Å². The van der Waals surface area contributed by atoms with Crippen molar-refractivity contribution in [3.05, 3.63) is 0 Å². The van der Waals surface area contributed by atoms with Gasteiger partial charge >= 0.3 is 0 Å². The lowest BCUT2D eigenvalue weighted by molar-refractivity contribution is 0.410. The Morgan fingerprint density at radius 3 is 2.76 bits per heavy atom. The van der Waals surface area contributed by atoms with Crippen molar-refractivity contribution >= 4 is 11.8 Å². The third kappa shape index (κ3) is 4.82. The second kappa shape index (κ2) is 7.68. The Labute approximate surface area is 112 Å². The van der Waals surface area contributed by atoms with Gasteiger partial charge in [0.25, 0.3) is 0 Å². The predicted octanol–water partition coefficient (Wildman–Crippen LogP) is 4.22. The second-order valence-corrected chi connectivity index (χ2v) is 7.31. The first-order valence-corrected chi connectivity index (χ1v) is 8.78. The van der Waals surface area contributed by atoms with Crippen LogP contribution in [0.1, 0.15) is 64.7 Å². The van der Waals surface area contributed by atoms with Gasteiger partial charge in [-0.15, -0.1) is 0 Å². The molecule has 100 valence electrons. The molecule has 0 bridgehead atoms. The third-order valence-corrected chi connectivity index (χ3v) is 5.84. The van der Waals surface area contributed by atoms with Crippen molar-refractivity contribution in [2.75, 3.05) is 12.3 Å². The van der Waals surface area contributed by atoms with Crippen molar-refractivity contribution in [1.82, 2.24) is 5.32 Å². The van der Waals surface area contributed by atoms with Crippen LogP contribution in [0.3, 0.4) is 0 Å². The molecular weight excluding hydrogens is 226 g/mol. The molecule has 2 heteroatoms. The fourth-order valence-electron chi connectivity index (χ4n) is 3.38. The van der Waals surface area contributed by atoms with E-state index in [1.54, 1.807) is 0 Å². The maximum Gasteiger partial charge on any atom is 0.0172 e. The third-order valence-electron chi connectivity index (χ3n) is 4.44. The Balaban J connectivity index is 1.63. The highest BCUT2D eigenvalue weighted by atomic mass is 32.2. The molecule has 1 saturated heterocycles. The first kappa shape index (κ1) is 13.7. The van der Waals surface area contributed by atoms with Gasteiger partial charge in [0.05, 0.1) is 0 Å². The zero-order chi connectivity index (χ0) is 11.9. The summed E-state index contributed by atoms with van der Waals surface area (Å²) in [7, 11) is 0. The first-order valence-electron chi connectivity index (χ1n) is 7.73. The molecule has 1 nitrogen and oxygen atoms in total. The lowest BCUT2D eigenvalue weighted by Gasteiger charge is -2.19. The van der Waals surface area contributed by atoms with Crippen molar-refractivity contribution in [2.45, 2.75) is 76.0 Å². The van der Waals surface area contributed by atoms with Gasteiger partial charge in [0.15, 0.2) is 0 Å². The molecule has 17 heavy (non-hydrogen) atoms. The van der Waals surface area contributed by atoms with Crippen molar-refractivity contribution in [3.63, 3.8) is 0 Å². The Morgan fingerprint density at radius 2 is 2.00 bits per heavy atom. The summed E-state index contributed by atoms with van der Waals surface area (Å²) in [4.78, 5) is 0. The lowest BCUT2D eigenvalue weighted by Crippen LogP contribution is -2.33. The SMILES string of the molecule is CCCC1CCCC(NCC2CCCS2)CC1. The van der Waals surface area contributed by atoms with Gasteiger partial charge in [-0.25, -0.2) is 0 Å². The fourth-order valence-corrected chi connectivity index (χ4v) is 4.60. The van der Waals surface area contributed by atoms with Gasteiger partial charge in [-0.05, 0) is 43.8 Å². The van der Waals surface area contributed by atoms with E-state index in [2.05, 4.69) is 24.0 Å². The normalized spacial score (nSPS) is 34.8. The van der Waals surface area contributed by atoms with E-state index in [4.69, 9.17) is 0 Å². The molecule has 0 aromatic rings. The summed E-state index contributed by atoms with van der Waals surface area (Å²) in [5, 5.41) is 4.77. The van der Waals surface area contributed by atoms with Crippen LogP contribution in [0.4, 0.5) is 0 Å². The van der Waals surface area contributed by atoms with Crippen LogP contribution in [0.5, 0.6) is 0 Å². The van der Waals surface area contributed by atoms with Crippen LogP contribution in [0.15, 0.2) is 0 Å². The molecule has 3 atom stereocenters. The van der Waals surface area contributed by atoms with Gasteiger partial charge in [0.2, 0.25) is 0 Å². The van der Waals surface area contributed by atoms with Crippen LogP contribution >= 0.6 is 11.8 Å². The van der Waals surface area contributed by atoms with Crippen LogP contribution in [-0.4, -0.2) is 23.6 Å². The standard InChI is InChI=1S/C15H29NS/c1-2-5-13-6-3-7-14(10-9-13)16-12-15-8-4-11-17-15/h13-16H,2-12H2,1H3. The van der Waals surface area contributed by atoms with Gasteiger partial charge < -0.3 is 5.32 Å². The number of rotatable bonds is 5. The van der Waals surface area contributed by atoms with Crippen LogP contribution in [0.25, 0.3) is 0 Å². The van der Waals surface area contributed by atoms with E-state index in [0.29, 0.717) is 0 Å². The monoisotopic (exact) mass is 255 g/mol. The average Bonchev–Trinajstić information content (AvgIpc) is 2.75. The van der Waals surface area contributed by atoms with E-state index in [-0.39, 0.29) is 0 Å². The molecular formula is C15H29NS. The molecule has 1 heterocycles. The minimum absolute atomic E-state index is 0.832. The minimum atomic E-state index is 0.832. The maximum atomic E-state index is 3.85. The van der Waals surface area contributed by atoms with Crippen molar-refractivity contribution in [1.29, 1.82) is 0 Å². The molecule has 1 aliphatic heterocycles. The highest BCUT2D eigenvalue weighted by molar-refractivity contribution is 8.00. The minimum Gasteiger partial charge on any atom is -0.313 e. The Hall–Kier alpha value is 0.310. The van der Waals surface area contributed by atoms with Crippen LogP contribution in [0.2, 0.25) is 0 Å². The fraction of sp³-hybridized carbons (Fsp3) is 1.00. The highest BCUT2D eigenvalue weighted by Crippen LogP contribution is 2.28. The summed E-state index contributed by atoms with van der Waals surface area (Å²) in [6, 6.07) is 0.832. The molecule has 0 spiro atoms. The average molecular weight is 255 g/mol. The number of nitrogens with one attached hydrogen (secondary N) is 1. The molecule has 3 unspecified atom stereocenters. The Kier molecular flexibility index (Phi) is 6.21. The quantitative estimate of drug-likeness (QED) is 0.738. The summed E-state index contributed by atoms with van der Waals surface area (Å²) in [5.41, 5.74) is 0. The molecule has 2 rings (SSSR count). The topological polar surface area (TPSA) is 12.0 Å². The maximum absolute atomic E-state index is 3.85. The summed E-state index contributed by atoms with van der Waals surface area (Å²) in [6.07, 6.45) is 13.0. The number of hydrogen-bond donors (Lipinski definition) is 1. The van der Waals surface area contributed by atoms with E-state index < -0.39 is 0 Å². The van der Waals surface area contributed by atoms with Crippen LogP contribution < -0.4 is 5.32 Å². The largest absolute Gasteiger partial charge is 0.313 e. The van der Waals surface area contributed by atoms with Crippen molar-refractivity contribution in [2.24, 2.45) is 5.92 Å². The zero-order valence-corrected chi connectivity index (χ0v) is 12.2. The van der Waals surface area contributed by atoms with E-state index in [9.17, 15) is 0 Å². The van der Waals surface area contributed by atoms with Crippen molar-refractivity contribution < 1.29 is 0 Å². The molecule has 2 fully saturated rings. The summed E-state index contributed by atoms with van der Waals surface area (Å²) in [6.45, 7) is 3.60. The summed E-state index contributed by atoms with van der Waals surface area (Å²) < 4.78 is 0. The van der Waals surface area contributed by atoms with E-state index in [1.165, 1.54) is 70.1 Å². The summed E-state index contributed by atoms with van der Waals surface area (Å²) >= 11 is 2.18. The molecule has 1 aliphatic carbocycles. The van der Waals surface area contributed by atoms with Gasteiger partial charge in [0, 0.05) is 17.8 Å². The smallest absolute Gasteiger partial charge is 0.0172 e. The van der Waals surface area contributed by atoms with E-state index in [0.717, 1.165) is 17.2 Å². The van der Waals surface area contributed by atoms with Crippen molar-refractivity contribution in [3.8, 4) is 0 Å². The number of hydrogen-bond acceptors (Lipinski definition) is 2. The zero-order valence-electron chi connectivity index (χ0n) is 11.4. The molecule has 0 amide bonds. The summed E-state index contributed by atoms with van der Waals surface area (Å²) in [5.74, 6) is 2.43. The molecule has 2 aliphatic rings. The first-order chi connectivity index (χ1) is 8.38. The van der Waals surface area contributed by atoms with Gasteiger partial charge in [0.1, 0.15) is 0 Å². The van der Waals surface area contributed by atoms with E-state index in [1.807, 2.05) is 0 Å². The highest BCUT2D eigenvalue weighted by Gasteiger charge is 2.20. The number of thioether (sulfide) groups is 1. The molecule has 0 aromatic carbocycles.